The number of halogens is 3. The average molecular weight is 346 g/mol. The lowest BCUT2D eigenvalue weighted by Gasteiger charge is -2.11. The Hall–Kier alpha value is -1.53. The SMILES string of the molecule is Cc1cc(NN)c(C(=O)Nc2cc(Cl)c(Cl)cc2Cl)cn1. The smallest absolute Gasteiger partial charge is 0.259 e. The molecule has 1 heterocycles. The van der Waals surface area contributed by atoms with Crippen LogP contribution < -0.4 is 16.6 Å². The number of nitrogens with two attached hydrogens (primary N) is 1. The maximum absolute atomic E-state index is 12.3. The van der Waals surface area contributed by atoms with Gasteiger partial charge in [-0.25, -0.2) is 0 Å². The predicted octanol–water partition coefficient (Wildman–Crippen LogP) is 3.89. The minimum atomic E-state index is -0.421. The maximum Gasteiger partial charge on any atom is 0.259 e. The number of pyridine rings is 1. The van der Waals surface area contributed by atoms with E-state index in [1.165, 1.54) is 18.3 Å². The number of nitrogens with one attached hydrogen (secondary N) is 2. The summed E-state index contributed by atoms with van der Waals surface area (Å²) >= 11 is 17.8. The van der Waals surface area contributed by atoms with Gasteiger partial charge in [-0.2, -0.15) is 0 Å². The van der Waals surface area contributed by atoms with Crippen LogP contribution in [0.1, 0.15) is 16.1 Å². The lowest BCUT2D eigenvalue weighted by molar-refractivity contribution is 0.102. The molecule has 0 spiro atoms. The second kappa shape index (κ2) is 6.49. The Morgan fingerprint density at radius 1 is 1.10 bits per heavy atom. The lowest BCUT2D eigenvalue weighted by Crippen LogP contribution is -2.18. The molecule has 110 valence electrons. The Kier molecular flexibility index (Phi) is 4.90. The van der Waals surface area contributed by atoms with Crippen LogP contribution in [-0.2, 0) is 0 Å². The molecule has 0 bridgehead atoms. The summed E-state index contributed by atoms with van der Waals surface area (Å²) < 4.78 is 0. The molecular weight excluding hydrogens is 335 g/mol. The zero-order valence-electron chi connectivity index (χ0n) is 10.9. The first kappa shape index (κ1) is 15.9. The highest BCUT2D eigenvalue weighted by molar-refractivity contribution is 6.44. The molecule has 8 heteroatoms. The fourth-order valence-corrected chi connectivity index (χ4v) is 2.26. The second-order valence-corrected chi connectivity index (χ2v) is 5.44. The Morgan fingerprint density at radius 2 is 1.76 bits per heavy atom. The van der Waals surface area contributed by atoms with Crippen LogP contribution in [0.5, 0.6) is 0 Å². The molecule has 2 aromatic rings. The molecule has 5 nitrogen and oxygen atoms in total. The van der Waals surface area contributed by atoms with Crippen LogP contribution in [0.25, 0.3) is 0 Å². The van der Waals surface area contributed by atoms with E-state index >= 15 is 0 Å². The number of aryl methyl sites for hydroxylation is 1. The van der Waals surface area contributed by atoms with Crippen molar-refractivity contribution in [1.82, 2.24) is 4.98 Å². The monoisotopic (exact) mass is 344 g/mol. The van der Waals surface area contributed by atoms with Crippen molar-refractivity contribution in [1.29, 1.82) is 0 Å². The van der Waals surface area contributed by atoms with Crippen LogP contribution in [-0.4, -0.2) is 10.9 Å². The van der Waals surface area contributed by atoms with Crippen LogP contribution in [0.2, 0.25) is 15.1 Å². The second-order valence-electron chi connectivity index (χ2n) is 4.22. The third-order valence-corrected chi connectivity index (χ3v) is 3.73. The number of nitrogens with zero attached hydrogens (tertiary/aromatic N) is 1. The van der Waals surface area contributed by atoms with E-state index in [1.54, 1.807) is 13.0 Å². The Bertz CT molecular complexity index is 706. The molecule has 1 aromatic carbocycles. The molecule has 0 aliphatic carbocycles. The number of carbonyl (C=O) groups is 1. The highest BCUT2D eigenvalue weighted by Gasteiger charge is 2.15. The van der Waals surface area contributed by atoms with Crippen LogP contribution in [0.3, 0.4) is 0 Å². The van der Waals surface area contributed by atoms with Crippen LogP contribution in [0.15, 0.2) is 24.4 Å². The maximum atomic E-state index is 12.3. The van der Waals surface area contributed by atoms with Gasteiger partial charge in [0.05, 0.1) is 32.0 Å². The van der Waals surface area contributed by atoms with Crippen molar-refractivity contribution in [3.05, 3.63) is 50.7 Å². The fourth-order valence-electron chi connectivity index (χ4n) is 1.67. The van der Waals surface area contributed by atoms with E-state index in [0.29, 0.717) is 16.4 Å². The number of nitrogen functional groups attached to an aromatic ring is 1. The van der Waals surface area contributed by atoms with Crippen molar-refractivity contribution in [3.63, 3.8) is 0 Å². The Morgan fingerprint density at radius 3 is 2.43 bits per heavy atom. The normalized spacial score (nSPS) is 10.3. The van der Waals surface area contributed by atoms with Crippen molar-refractivity contribution < 1.29 is 4.79 Å². The lowest BCUT2D eigenvalue weighted by atomic mass is 10.2. The quantitative estimate of drug-likeness (QED) is 0.448. The molecule has 0 unspecified atom stereocenters. The molecule has 0 saturated carbocycles. The summed E-state index contributed by atoms with van der Waals surface area (Å²) in [7, 11) is 0. The molecule has 1 amide bonds. The number of amides is 1. The van der Waals surface area contributed by atoms with Crippen molar-refractivity contribution in [2.75, 3.05) is 10.7 Å². The summed E-state index contributed by atoms with van der Waals surface area (Å²) in [4.78, 5) is 16.3. The summed E-state index contributed by atoms with van der Waals surface area (Å²) in [5, 5.41) is 3.51. The zero-order chi connectivity index (χ0) is 15.6. The summed E-state index contributed by atoms with van der Waals surface area (Å²) in [5.41, 5.74) is 4.27. The first-order valence-corrected chi connectivity index (χ1v) is 6.95. The van der Waals surface area contributed by atoms with E-state index < -0.39 is 5.91 Å². The zero-order valence-corrected chi connectivity index (χ0v) is 13.1. The van der Waals surface area contributed by atoms with Gasteiger partial charge >= 0.3 is 0 Å². The summed E-state index contributed by atoms with van der Waals surface area (Å²) in [6, 6.07) is 4.59. The first-order valence-electron chi connectivity index (χ1n) is 5.81. The number of benzene rings is 1. The number of hydrogen-bond donors (Lipinski definition) is 3. The van der Waals surface area contributed by atoms with E-state index in [9.17, 15) is 4.79 Å². The van der Waals surface area contributed by atoms with Gasteiger partial charge in [0.15, 0.2) is 0 Å². The highest BCUT2D eigenvalue weighted by atomic mass is 35.5. The summed E-state index contributed by atoms with van der Waals surface area (Å²) in [6.45, 7) is 1.79. The molecule has 1 aromatic heterocycles. The van der Waals surface area contributed by atoms with Crippen LogP contribution in [0.4, 0.5) is 11.4 Å². The predicted molar refractivity (Wildman–Crippen MR) is 86.2 cm³/mol. The van der Waals surface area contributed by atoms with Crippen LogP contribution >= 0.6 is 34.8 Å². The van der Waals surface area contributed by atoms with Gasteiger partial charge in [-0.1, -0.05) is 34.8 Å². The van der Waals surface area contributed by atoms with Gasteiger partial charge in [-0.15, -0.1) is 0 Å². The molecule has 4 N–H and O–H groups in total. The number of anilines is 2. The molecular formula is C13H11Cl3N4O. The van der Waals surface area contributed by atoms with Gasteiger partial charge in [0.1, 0.15) is 0 Å². The van der Waals surface area contributed by atoms with Crippen molar-refractivity contribution >= 4 is 52.1 Å². The number of hydrogen-bond acceptors (Lipinski definition) is 4. The highest BCUT2D eigenvalue weighted by Crippen LogP contribution is 2.32. The first-order chi connectivity index (χ1) is 9.92. The van der Waals surface area contributed by atoms with Crippen molar-refractivity contribution in [2.45, 2.75) is 6.92 Å². The largest absolute Gasteiger partial charge is 0.323 e. The van der Waals surface area contributed by atoms with Gasteiger partial charge in [0.25, 0.3) is 5.91 Å². The minimum Gasteiger partial charge on any atom is -0.323 e. The summed E-state index contributed by atoms with van der Waals surface area (Å²) in [5.74, 6) is 4.98. The van der Waals surface area contributed by atoms with E-state index in [2.05, 4.69) is 15.7 Å². The van der Waals surface area contributed by atoms with Crippen LogP contribution in [0, 0.1) is 6.92 Å². The standard InChI is InChI=1S/C13H11Cl3N4O/c1-6-2-11(20-17)7(5-18-6)13(21)19-12-4-9(15)8(14)3-10(12)16/h2-5H,17H2,1H3,(H,18,20)(H,19,21). The molecule has 0 atom stereocenters. The van der Waals surface area contributed by atoms with Gasteiger partial charge in [-0.05, 0) is 25.1 Å². The third kappa shape index (κ3) is 3.57. The fraction of sp³-hybridized carbons (Fsp3) is 0.0769. The summed E-state index contributed by atoms with van der Waals surface area (Å²) in [6.07, 6.45) is 1.42. The van der Waals surface area contributed by atoms with Gasteiger partial charge < -0.3 is 10.7 Å². The van der Waals surface area contributed by atoms with Gasteiger partial charge in [0, 0.05) is 11.9 Å². The van der Waals surface area contributed by atoms with Gasteiger partial charge in [0.2, 0.25) is 0 Å². The van der Waals surface area contributed by atoms with E-state index in [1.807, 2.05) is 0 Å². The van der Waals surface area contributed by atoms with Gasteiger partial charge in [-0.3, -0.25) is 15.6 Å². The molecule has 0 aliphatic rings. The van der Waals surface area contributed by atoms with E-state index in [0.717, 1.165) is 5.69 Å². The Labute approximate surface area is 136 Å². The van der Waals surface area contributed by atoms with E-state index in [4.69, 9.17) is 40.6 Å². The molecule has 2 rings (SSSR count). The van der Waals surface area contributed by atoms with Crippen molar-refractivity contribution in [2.24, 2.45) is 5.84 Å². The topological polar surface area (TPSA) is 80.0 Å². The van der Waals surface area contributed by atoms with Crippen molar-refractivity contribution in [3.8, 4) is 0 Å². The number of rotatable bonds is 3. The molecule has 0 saturated heterocycles. The number of hydrazine groups is 1. The van der Waals surface area contributed by atoms with E-state index in [-0.39, 0.29) is 15.6 Å². The molecule has 0 radical (unpaired) electrons. The Balaban J connectivity index is 2.32. The minimum absolute atomic E-state index is 0.278. The average Bonchev–Trinajstić information content (AvgIpc) is 2.44. The third-order valence-electron chi connectivity index (χ3n) is 2.70. The molecule has 0 aliphatic heterocycles. The number of carbonyl (C=O) groups excluding carboxylic acids is 1. The number of aromatic nitrogens is 1. The molecule has 21 heavy (non-hydrogen) atoms. The molecule has 0 fully saturated rings.